The van der Waals surface area contributed by atoms with E-state index in [9.17, 15) is 13.2 Å². The lowest BCUT2D eigenvalue weighted by atomic mass is 10.0. The monoisotopic (exact) mass is 488 g/mol. The van der Waals surface area contributed by atoms with Crippen LogP contribution in [0.1, 0.15) is 42.2 Å². The van der Waals surface area contributed by atoms with Gasteiger partial charge in [0.25, 0.3) is 0 Å². The average molecular weight is 489 g/mol. The number of benzene rings is 3. The fourth-order valence-corrected chi connectivity index (χ4v) is 6.02. The Bertz CT molecular complexity index is 1370. The summed E-state index contributed by atoms with van der Waals surface area (Å²) >= 11 is 0. The number of hydrogen-bond acceptors (Lipinski definition) is 4. The highest BCUT2D eigenvalue weighted by molar-refractivity contribution is 7.89. The second kappa shape index (κ2) is 10.1. The molecule has 1 aromatic heterocycles. The lowest BCUT2D eigenvalue weighted by Gasteiger charge is -2.17. The van der Waals surface area contributed by atoms with Crippen molar-refractivity contribution in [1.29, 1.82) is 0 Å². The number of hydrogen-bond donors (Lipinski definition) is 1. The van der Waals surface area contributed by atoms with Gasteiger partial charge in [0.05, 0.1) is 4.90 Å². The molecule has 5 rings (SSSR count). The van der Waals surface area contributed by atoms with Crippen LogP contribution in [0.25, 0.3) is 11.0 Å². The second-order valence-electron chi connectivity index (χ2n) is 8.85. The third kappa shape index (κ3) is 5.16. The molecule has 4 aromatic rings. The van der Waals surface area contributed by atoms with Gasteiger partial charge in [-0.3, -0.25) is 4.79 Å². The molecular weight excluding hydrogens is 460 g/mol. The maximum absolute atomic E-state index is 12.9. The molecule has 1 atom stereocenters. The van der Waals surface area contributed by atoms with Crippen molar-refractivity contribution in [3.05, 3.63) is 102 Å². The molecule has 2 heterocycles. The van der Waals surface area contributed by atoms with Gasteiger partial charge in [0.2, 0.25) is 15.9 Å². The number of furan rings is 1. The molecule has 0 spiro atoms. The van der Waals surface area contributed by atoms with E-state index in [1.54, 1.807) is 24.3 Å². The van der Waals surface area contributed by atoms with Crippen LogP contribution in [-0.4, -0.2) is 31.7 Å². The largest absolute Gasteiger partial charge is 0.459 e. The maximum atomic E-state index is 12.9. The fraction of sp³-hybridized carbons (Fsp3) is 0.250. The molecule has 0 saturated carbocycles. The third-order valence-electron chi connectivity index (χ3n) is 6.43. The molecule has 3 aromatic carbocycles. The summed E-state index contributed by atoms with van der Waals surface area (Å²) in [5, 5.41) is 4.11. The highest BCUT2D eigenvalue weighted by Crippen LogP contribution is 2.28. The van der Waals surface area contributed by atoms with Gasteiger partial charge in [-0.25, -0.2) is 8.42 Å². The second-order valence-corrected chi connectivity index (χ2v) is 10.8. The maximum Gasteiger partial charge on any atom is 0.243 e. The summed E-state index contributed by atoms with van der Waals surface area (Å²) in [5.41, 5.74) is 2.64. The van der Waals surface area contributed by atoms with E-state index in [0.717, 1.165) is 34.9 Å². The van der Waals surface area contributed by atoms with E-state index in [2.05, 4.69) is 5.32 Å². The minimum Gasteiger partial charge on any atom is -0.459 e. The van der Waals surface area contributed by atoms with Gasteiger partial charge >= 0.3 is 0 Å². The summed E-state index contributed by atoms with van der Waals surface area (Å²) in [6.45, 7) is 1.16. The van der Waals surface area contributed by atoms with Crippen LogP contribution in [0.15, 0.2) is 94.2 Å². The van der Waals surface area contributed by atoms with Crippen molar-refractivity contribution >= 4 is 26.9 Å². The van der Waals surface area contributed by atoms with Crippen LogP contribution in [0, 0.1) is 0 Å². The summed E-state index contributed by atoms with van der Waals surface area (Å²) in [6.07, 6.45) is 2.61. The first kappa shape index (κ1) is 23.3. The zero-order valence-corrected chi connectivity index (χ0v) is 20.2. The third-order valence-corrected chi connectivity index (χ3v) is 8.35. The molecule has 1 N–H and O–H groups in total. The number of nitrogens with zero attached hydrogens (tertiary/aromatic N) is 1. The number of rotatable bonds is 8. The zero-order chi connectivity index (χ0) is 24.3. The number of fused-ring (bicyclic) bond motifs is 1. The van der Waals surface area contributed by atoms with Gasteiger partial charge in [-0.2, -0.15) is 4.31 Å². The Morgan fingerprint density at radius 3 is 2.31 bits per heavy atom. The summed E-state index contributed by atoms with van der Waals surface area (Å²) in [4.78, 5) is 13.2. The highest BCUT2D eigenvalue weighted by atomic mass is 32.2. The van der Waals surface area contributed by atoms with E-state index in [0.29, 0.717) is 30.2 Å². The van der Waals surface area contributed by atoms with Gasteiger partial charge in [-0.1, -0.05) is 60.7 Å². The van der Waals surface area contributed by atoms with Crippen LogP contribution in [0.5, 0.6) is 0 Å². The summed E-state index contributed by atoms with van der Waals surface area (Å²) in [6, 6.07) is 26.0. The van der Waals surface area contributed by atoms with Crippen molar-refractivity contribution in [3.8, 4) is 0 Å². The smallest absolute Gasteiger partial charge is 0.243 e. The number of sulfonamides is 1. The molecule has 1 amide bonds. The minimum absolute atomic E-state index is 0.104. The molecule has 0 bridgehead atoms. The van der Waals surface area contributed by atoms with E-state index in [1.807, 2.05) is 60.7 Å². The molecule has 35 heavy (non-hydrogen) atoms. The standard InChI is InChI=1S/C28H28N2O4S/c31-27(17-14-21-12-15-24(16-13-21)35(32,33)30-18-6-7-19-30)29-28(22-8-2-1-3-9-22)26-20-23-10-4-5-11-25(23)34-26/h1-5,8-13,15-16,20,28H,6-7,14,17-19H2,(H,29,31). The van der Waals surface area contributed by atoms with Crippen molar-refractivity contribution in [2.75, 3.05) is 13.1 Å². The van der Waals surface area contributed by atoms with Gasteiger partial charge < -0.3 is 9.73 Å². The van der Waals surface area contributed by atoms with Crippen molar-refractivity contribution in [1.82, 2.24) is 9.62 Å². The topological polar surface area (TPSA) is 79.6 Å². The Hall–Kier alpha value is -3.42. The van der Waals surface area contributed by atoms with Crippen molar-refractivity contribution in [3.63, 3.8) is 0 Å². The molecule has 7 heteroatoms. The molecule has 1 fully saturated rings. The molecule has 1 saturated heterocycles. The minimum atomic E-state index is -3.43. The summed E-state index contributed by atoms with van der Waals surface area (Å²) in [5.74, 6) is 0.579. The van der Waals surface area contributed by atoms with Crippen LogP contribution in [0.3, 0.4) is 0 Å². The van der Waals surface area contributed by atoms with Gasteiger partial charge in [-0.15, -0.1) is 0 Å². The first-order valence-corrected chi connectivity index (χ1v) is 13.4. The highest BCUT2D eigenvalue weighted by Gasteiger charge is 2.27. The van der Waals surface area contributed by atoms with Gasteiger partial charge in [0.1, 0.15) is 17.4 Å². The van der Waals surface area contributed by atoms with Crippen LogP contribution in [0.4, 0.5) is 0 Å². The Morgan fingerprint density at radius 2 is 1.60 bits per heavy atom. The number of para-hydroxylation sites is 1. The molecule has 180 valence electrons. The average Bonchev–Trinajstić information content (AvgIpc) is 3.58. The molecule has 0 aliphatic carbocycles. The molecule has 1 unspecified atom stereocenters. The lowest BCUT2D eigenvalue weighted by Crippen LogP contribution is -2.29. The predicted molar refractivity (Wildman–Crippen MR) is 135 cm³/mol. The Balaban J connectivity index is 1.27. The first-order valence-electron chi connectivity index (χ1n) is 11.9. The van der Waals surface area contributed by atoms with Crippen LogP contribution in [-0.2, 0) is 21.2 Å². The van der Waals surface area contributed by atoms with Crippen molar-refractivity contribution in [2.45, 2.75) is 36.6 Å². The predicted octanol–water partition coefficient (Wildman–Crippen LogP) is 5.06. The molecule has 1 aliphatic rings. The summed E-state index contributed by atoms with van der Waals surface area (Å²) in [7, 11) is -3.43. The SMILES string of the molecule is O=C(CCc1ccc(S(=O)(=O)N2CCCC2)cc1)NC(c1ccccc1)c1cc2ccccc2o1. The first-order chi connectivity index (χ1) is 17.0. The van der Waals surface area contributed by atoms with Crippen molar-refractivity contribution < 1.29 is 17.6 Å². The molecular formula is C28H28N2O4S. The van der Waals surface area contributed by atoms with E-state index < -0.39 is 16.1 Å². The molecule has 1 aliphatic heterocycles. The number of amides is 1. The van der Waals surface area contributed by atoms with Gasteiger partial charge in [-0.05, 0) is 54.7 Å². The van der Waals surface area contributed by atoms with Crippen LogP contribution in [0.2, 0.25) is 0 Å². The number of nitrogens with one attached hydrogen (secondary N) is 1. The van der Waals surface area contributed by atoms with Crippen molar-refractivity contribution in [2.24, 2.45) is 0 Å². The Kier molecular flexibility index (Phi) is 6.70. The molecule has 0 radical (unpaired) electrons. The van der Waals surface area contributed by atoms with Crippen LogP contribution >= 0.6 is 0 Å². The van der Waals surface area contributed by atoms with E-state index in [-0.39, 0.29) is 12.3 Å². The molecule has 6 nitrogen and oxygen atoms in total. The number of carbonyl (C=O) groups is 1. The van der Waals surface area contributed by atoms with Crippen LogP contribution < -0.4 is 5.32 Å². The Morgan fingerprint density at radius 1 is 0.914 bits per heavy atom. The summed E-state index contributed by atoms with van der Waals surface area (Å²) < 4.78 is 33.0. The quantitative estimate of drug-likeness (QED) is 0.376. The Labute approximate surface area is 205 Å². The zero-order valence-electron chi connectivity index (χ0n) is 19.4. The number of aryl methyl sites for hydroxylation is 1. The van der Waals surface area contributed by atoms with E-state index in [4.69, 9.17) is 4.42 Å². The van der Waals surface area contributed by atoms with Gasteiger partial charge in [0.15, 0.2) is 0 Å². The van der Waals surface area contributed by atoms with E-state index >= 15 is 0 Å². The normalized spacial score (nSPS) is 15.3. The fourth-order valence-electron chi connectivity index (χ4n) is 4.51. The lowest BCUT2D eigenvalue weighted by molar-refractivity contribution is -0.121. The van der Waals surface area contributed by atoms with E-state index in [1.165, 1.54) is 4.31 Å². The van der Waals surface area contributed by atoms with Gasteiger partial charge in [0, 0.05) is 24.9 Å². The number of carbonyl (C=O) groups excluding carboxylic acids is 1.